The van der Waals surface area contributed by atoms with E-state index >= 15 is 0 Å². The average molecular weight is 367 g/mol. The smallest absolute Gasteiger partial charge is 0.356 e. The van der Waals surface area contributed by atoms with E-state index in [-0.39, 0.29) is 12.1 Å². The molecule has 0 bridgehead atoms. The first-order valence-electron chi connectivity index (χ1n) is 6.35. The molecule has 0 aliphatic carbocycles. The molecule has 1 saturated heterocycles. The normalized spacial score (nSPS) is 23.7. The molecule has 1 aromatic carbocycles. The second-order valence-electron chi connectivity index (χ2n) is 4.83. The molecular weight excluding hydrogens is 356 g/mol. The van der Waals surface area contributed by atoms with Crippen LogP contribution in [0.4, 0.5) is 5.69 Å². The lowest BCUT2D eigenvalue weighted by molar-refractivity contribution is -0.142. The Morgan fingerprint density at radius 1 is 1.36 bits per heavy atom. The van der Waals surface area contributed by atoms with Crippen LogP contribution in [0.1, 0.15) is 6.42 Å². The molecule has 2 heterocycles. The highest BCUT2D eigenvalue weighted by Crippen LogP contribution is 2.36. The van der Waals surface area contributed by atoms with Gasteiger partial charge >= 0.3 is 5.97 Å². The number of methoxy groups -OCH3 is 1. The fourth-order valence-corrected chi connectivity index (χ4v) is 2.64. The monoisotopic (exact) mass is 366 g/mol. The highest BCUT2D eigenvalue weighted by molar-refractivity contribution is 9.10. The summed E-state index contributed by atoms with van der Waals surface area (Å²) in [6.07, 6.45) is 1.10. The van der Waals surface area contributed by atoms with Crippen LogP contribution in [0.15, 0.2) is 40.5 Å². The van der Waals surface area contributed by atoms with E-state index in [1.807, 2.05) is 0 Å². The highest BCUT2D eigenvalue weighted by Gasteiger charge is 2.56. The lowest BCUT2D eigenvalue weighted by atomic mass is 10.0. The summed E-state index contributed by atoms with van der Waals surface area (Å²) in [5, 5.41) is 0. The number of imide groups is 1. The van der Waals surface area contributed by atoms with Crippen LogP contribution in [-0.4, -0.2) is 30.5 Å². The Hall–Kier alpha value is -2.19. The number of hydrogen-bond acceptors (Lipinski definition) is 6. The summed E-state index contributed by atoms with van der Waals surface area (Å²) in [4.78, 5) is 42.6. The van der Waals surface area contributed by atoms with E-state index in [9.17, 15) is 14.4 Å². The molecule has 0 aromatic heterocycles. The van der Waals surface area contributed by atoms with Crippen LogP contribution in [0.5, 0.6) is 0 Å². The van der Waals surface area contributed by atoms with E-state index in [0.717, 1.165) is 9.37 Å². The van der Waals surface area contributed by atoms with Crippen molar-refractivity contribution in [1.29, 1.82) is 0 Å². The van der Waals surface area contributed by atoms with Crippen LogP contribution in [0.25, 0.3) is 0 Å². The van der Waals surface area contributed by atoms with Crippen LogP contribution in [-0.2, 0) is 24.0 Å². The van der Waals surface area contributed by atoms with Crippen molar-refractivity contribution in [2.24, 2.45) is 0 Å². The molecule has 114 valence electrons. The van der Waals surface area contributed by atoms with Crippen LogP contribution in [0.3, 0.4) is 0 Å². The first kappa shape index (κ1) is 14.7. The average Bonchev–Trinajstić information content (AvgIpc) is 3.03. The Balaban J connectivity index is 1.94. The van der Waals surface area contributed by atoms with Crippen molar-refractivity contribution in [3.05, 3.63) is 40.5 Å². The summed E-state index contributed by atoms with van der Waals surface area (Å²) in [6, 6.07) is 6.74. The fourth-order valence-electron chi connectivity index (χ4n) is 2.37. The molecule has 7 nitrogen and oxygen atoms in total. The Morgan fingerprint density at radius 2 is 2.05 bits per heavy atom. The van der Waals surface area contributed by atoms with E-state index in [2.05, 4.69) is 26.1 Å². The Morgan fingerprint density at radius 3 is 2.68 bits per heavy atom. The van der Waals surface area contributed by atoms with Crippen LogP contribution >= 0.6 is 15.9 Å². The van der Waals surface area contributed by atoms with Gasteiger partial charge in [0.25, 0.3) is 5.91 Å². The van der Waals surface area contributed by atoms with E-state index < -0.39 is 23.4 Å². The number of esters is 1. The Bertz CT molecular complexity index is 700. The zero-order chi connectivity index (χ0) is 15.9. The first-order chi connectivity index (χ1) is 10.5. The summed E-state index contributed by atoms with van der Waals surface area (Å²) in [6.45, 7) is 0. The topological polar surface area (TPSA) is 84.9 Å². The minimum absolute atomic E-state index is 0.00121. The minimum atomic E-state index is -1.51. The predicted molar refractivity (Wildman–Crippen MR) is 78.3 cm³/mol. The molecular formula is C14H11BrN2O5. The van der Waals surface area contributed by atoms with Gasteiger partial charge in [-0.2, -0.15) is 0 Å². The van der Waals surface area contributed by atoms with Crippen LogP contribution in [0.2, 0.25) is 0 Å². The van der Waals surface area contributed by atoms with Gasteiger partial charge in [-0.05, 0) is 30.3 Å². The SMILES string of the molecule is COC(=O)C1=C[C@]2(CC(=O)N(c3ccc(Br)cc3)C2=O)ON1. The molecule has 1 fully saturated rings. The molecule has 1 spiro atoms. The van der Waals surface area contributed by atoms with Crippen molar-refractivity contribution in [1.82, 2.24) is 5.48 Å². The van der Waals surface area contributed by atoms with E-state index in [4.69, 9.17) is 4.84 Å². The number of amides is 2. The molecule has 1 atom stereocenters. The van der Waals surface area contributed by atoms with Crippen molar-refractivity contribution in [3.63, 3.8) is 0 Å². The molecule has 0 saturated carbocycles. The summed E-state index contributed by atoms with van der Waals surface area (Å²) in [5.41, 5.74) is 1.29. The van der Waals surface area contributed by atoms with Gasteiger partial charge < -0.3 is 4.74 Å². The third kappa shape index (κ3) is 2.20. The van der Waals surface area contributed by atoms with E-state index in [0.29, 0.717) is 5.69 Å². The van der Waals surface area contributed by atoms with E-state index in [1.165, 1.54) is 13.2 Å². The fraction of sp³-hybridized carbons (Fsp3) is 0.214. The second kappa shape index (κ2) is 5.22. The number of ether oxygens (including phenoxy) is 1. The lowest BCUT2D eigenvalue weighted by Gasteiger charge is -2.18. The van der Waals surface area contributed by atoms with Gasteiger partial charge in [0.15, 0.2) is 0 Å². The second-order valence-corrected chi connectivity index (χ2v) is 5.75. The van der Waals surface area contributed by atoms with Crippen molar-refractivity contribution >= 4 is 39.4 Å². The van der Waals surface area contributed by atoms with Gasteiger partial charge in [0.2, 0.25) is 11.5 Å². The van der Waals surface area contributed by atoms with Crippen molar-refractivity contribution in [2.75, 3.05) is 12.0 Å². The highest BCUT2D eigenvalue weighted by atomic mass is 79.9. The standard InChI is InChI=1S/C14H11BrN2O5/c1-21-12(19)10-6-14(22-16-10)7-11(18)17(13(14)20)9-4-2-8(15)3-5-9/h2-6,16H,7H2,1H3/t14-/m1/s1. The maximum atomic E-state index is 12.6. The third-order valence-corrected chi connectivity index (χ3v) is 3.97. The van der Waals surface area contributed by atoms with Gasteiger partial charge in [0.1, 0.15) is 5.70 Å². The summed E-state index contributed by atoms with van der Waals surface area (Å²) in [7, 11) is 1.21. The maximum Gasteiger partial charge on any atom is 0.356 e. The quantitative estimate of drug-likeness (QED) is 0.621. The van der Waals surface area contributed by atoms with Crippen LogP contribution in [0, 0.1) is 0 Å². The number of hydroxylamine groups is 1. The minimum Gasteiger partial charge on any atom is -0.464 e. The summed E-state index contributed by atoms with van der Waals surface area (Å²) in [5.74, 6) is -1.62. The molecule has 1 N–H and O–H groups in total. The molecule has 2 aliphatic heterocycles. The van der Waals surface area contributed by atoms with E-state index in [1.54, 1.807) is 24.3 Å². The van der Waals surface area contributed by atoms with Crippen molar-refractivity contribution < 1.29 is 24.0 Å². The van der Waals surface area contributed by atoms with Crippen molar-refractivity contribution in [2.45, 2.75) is 12.0 Å². The predicted octanol–water partition coefficient (Wildman–Crippen LogP) is 1.04. The lowest BCUT2D eigenvalue weighted by Crippen LogP contribution is -2.40. The van der Waals surface area contributed by atoms with Gasteiger partial charge in [0, 0.05) is 4.47 Å². The van der Waals surface area contributed by atoms with Crippen molar-refractivity contribution in [3.8, 4) is 0 Å². The molecule has 8 heteroatoms. The number of anilines is 1. The number of carbonyl (C=O) groups excluding carboxylic acids is 3. The molecule has 2 aliphatic rings. The number of nitrogens with one attached hydrogen (secondary N) is 1. The number of halogens is 1. The molecule has 22 heavy (non-hydrogen) atoms. The first-order valence-corrected chi connectivity index (χ1v) is 7.14. The van der Waals surface area contributed by atoms with Gasteiger partial charge in [-0.15, -0.1) is 0 Å². The zero-order valence-electron chi connectivity index (χ0n) is 11.5. The molecule has 2 amide bonds. The molecule has 0 radical (unpaired) electrons. The Labute approximate surface area is 133 Å². The number of benzene rings is 1. The molecule has 1 aromatic rings. The third-order valence-electron chi connectivity index (χ3n) is 3.44. The van der Waals surface area contributed by atoms with Gasteiger partial charge in [-0.25, -0.2) is 9.69 Å². The summed E-state index contributed by atoms with van der Waals surface area (Å²) >= 11 is 3.29. The number of nitrogens with zero attached hydrogens (tertiary/aromatic N) is 1. The van der Waals surface area contributed by atoms with Crippen LogP contribution < -0.4 is 10.4 Å². The van der Waals surface area contributed by atoms with Gasteiger partial charge in [-0.1, -0.05) is 15.9 Å². The maximum absolute atomic E-state index is 12.6. The number of carbonyl (C=O) groups is 3. The van der Waals surface area contributed by atoms with Gasteiger partial charge in [-0.3, -0.25) is 19.9 Å². The molecule has 0 unspecified atom stereocenters. The number of rotatable bonds is 2. The largest absolute Gasteiger partial charge is 0.464 e. The number of hydrogen-bond donors (Lipinski definition) is 1. The molecule has 3 rings (SSSR count). The zero-order valence-corrected chi connectivity index (χ0v) is 13.0. The van der Waals surface area contributed by atoms with Gasteiger partial charge in [0.05, 0.1) is 19.2 Å². The Kier molecular flexibility index (Phi) is 3.50. The summed E-state index contributed by atoms with van der Waals surface area (Å²) < 4.78 is 5.39.